The number of unbranched alkanes of at least 4 members (excludes halogenated alkanes) is 9. The molecular weight excluding hydrogens is 457 g/mol. The van der Waals surface area contributed by atoms with Crippen LogP contribution in [0.2, 0.25) is 0 Å². The number of allylic oxidation sites excluding steroid dienone is 1. The molecule has 0 aromatic carbocycles. The summed E-state index contributed by atoms with van der Waals surface area (Å²) in [6, 6.07) is 0. The van der Waals surface area contributed by atoms with Crippen LogP contribution in [0.25, 0.3) is 0 Å². The first kappa shape index (κ1) is 37.8. The Labute approximate surface area is 237 Å². The maximum absolute atomic E-state index is 11.5. The van der Waals surface area contributed by atoms with E-state index in [0.29, 0.717) is 6.42 Å². The van der Waals surface area contributed by atoms with E-state index < -0.39 is 33.1 Å². The first-order valence-electron chi connectivity index (χ1n) is 11.1. The fourth-order valence-electron chi connectivity index (χ4n) is 2.86. The van der Waals surface area contributed by atoms with Gasteiger partial charge < -0.3 is 33.8 Å². The van der Waals surface area contributed by atoms with Gasteiger partial charge in [0.15, 0.2) is 0 Å². The van der Waals surface area contributed by atoms with Crippen LogP contribution in [-0.4, -0.2) is 41.6 Å². The number of aliphatic hydroxyl groups is 2. The van der Waals surface area contributed by atoms with E-state index in [0.717, 1.165) is 38.5 Å². The Balaban J connectivity index is -0.00000420. The van der Waals surface area contributed by atoms with Gasteiger partial charge in [-0.25, -0.2) is 0 Å². The number of aliphatic hydroxyl groups excluding tert-OH is 2. The summed E-state index contributed by atoms with van der Waals surface area (Å²) in [7, 11) is -5.14. The molecule has 0 amide bonds. The van der Waals surface area contributed by atoms with E-state index in [9.17, 15) is 29.4 Å². The van der Waals surface area contributed by atoms with Gasteiger partial charge >= 0.3 is 65.1 Å². The molecule has 0 aliphatic carbocycles. The SMILES string of the molecule is CCCCCCCCC(O)C=CCCCCCCC(=O)OC[C@H](O)COP(=O)([O-])[O-].[Na+].[Na+]. The number of esters is 1. The van der Waals surface area contributed by atoms with Crippen LogP contribution in [-0.2, 0) is 18.6 Å². The zero-order valence-corrected chi connectivity index (χ0v) is 25.1. The Hall–Kier alpha value is 1.24. The minimum Gasteiger partial charge on any atom is -0.790 e. The van der Waals surface area contributed by atoms with Gasteiger partial charge in [-0.05, 0) is 25.7 Å². The van der Waals surface area contributed by atoms with Crippen molar-refractivity contribution in [1.29, 1.82) is 0 Å². The average Bonchev–Trinajstić information content (AvgIpc) is 2.68. The van der Waals surface area contributed by atoms with Crippen LogP contribution in [0.3, 0.4) is 0 Å². The largest absolute Gasteiger partial charge is 1.00 e. The number of hydrogen-bond acceptors (Lipinski definition) is 8. The van der Waals surface area contributed by atoms with E-state index in [1.54, 1.807) is 0 Å². The zero-order valence-electron chi connectivity index (χ0n) is 20.2. The summed E-state index contributed by atoms with van der Waals surface area (Å²) in [5.41, 5.74) is 0. The summed E-state index contributed by atoms with van der Waals surface area (Å²) in [5.74, 6) is -0.487. The fourth-order valence-corrected chi connectivity index (χ4v) is 3.21. The molecule has 0 rings (SSSR count). The van der Waals surface area contributed by atoms with E-state index >= 15 is 0 Å². The van der Waals surface area contributed by atoms with Crippen molar-refractivity contribution >= 4 is 13.8 Å². The minimum absolute atomic E-state index is 0. The molecule has 0 spiro atoms. The second-order valence-electron chi connectivity index (χ2n) is 7.58. The number of carbonyl (C=O) groups is 1. The molecule has 0 aliphatic rings. The van der Waals surface area contributed by atoms with E-state index in [2.05, 4.69) is 11.4 Å². The van der Waals surface area contributed by atoms with E-state index in [4.69, 9.17) is 4.74 Å². The number of hydrogen-bond donors (Lipinski definition) is 2. The molecule has 0 saturated carbocycles. The molecule has 0 heterocycles. The van der Waals surface area contributed by atoms with Crippen LogP contribution >= 0.6 is 7.82 Å². The average molecular weight is 496 g/mol. The van der Waals surface area contributed by atoms with Gasteiger partial charge in [-0.15, -0.1) is 0 Å². The van der Waals surface area contributed by atoms with Gasteiger partial charge in [0, 0.05) is 6.42 Å². The third-order valence-electron chi connectivity index (χ3n) is 4.58. The van der Waals surface area contributed by atoms with Crippen molar-refractivity contribution < 1.29 is 97.7 Å². The Morgan fingerprint density at radius 2 is 1.53 bits per heavy atom. The normalized spacial score (nSPS) is 13.3. The quantitative estimate of drug-likeness (QED) is 0.0589. The zero-order chi connectivity index (χ0) is 22.7. The third kappa shape index (κ3) is 29.3. The Bertz CT molecular complexity index is 502. The van der Waals surface area contributed by atoms with E-state index in [1.165, 1.54) is 32.1 Å². The molecule has 0 bridgehead atoms. The number of phosphoric ester groups is 1. The first-order chi connectivity index (χ1) is 14.2. The molecular formula is C21H39Na2O8P. The van der Waals surface area contributed by atoms with Crippen molar-refractivity contribution in [2.45, 2.75) is 103 Å². The van der Waals surface area contributed by atoms with Gasteiger partial charge in [-0.3, -0.25) is 4.79 Å². The van der Waals surface area contributed by atoms with Crippen molar-refractivity contribution in [3.63, 3.8) is 0 Å². The molecule has 2 atom stereocenters. The molecule has 2 N–H and O–H groups in total. The summed E-state index contributed by atoms with van der Waals surface area (Å²) in [6.07, 6.45) is 14.9. The summed E-state index contributed by atoms with van der Waals surface area (Å²) in [4.78, 5) is 32.1. The van der Waals surface area contributed by atoms with Crippen LogP contribution in [0.15, 0.2) is 12.2 Å². The molecule has 0 radical (unpaired) electrons. The summed E-state index contributed by atoms with van der Waals surface area (Å²) >= 11 is 0. The molecule has 1 unspecified atom stereocenters. The standard InChI is InChI=1S/C21H41O8P.2Na/c1-2-3-4-5-8-11-14-19(22)15-12-9-6-7-10-13-16-21(24)28-17-20(23)18-29-30(25,26)27;;/h12,15,19-20,22-23H,2-11,13-14,16-18H2,1H3,(H2,25,26,27);;/q;2*+1/p-2/t19?,20-;;/m0../s1. The fraction of sp³-hybridized carbons (Fsp3) is 0.857. The van der Waals surface area contributed by atoms with Crippen molar-refractivity contribution in [3.8, 4) is 0 Å². The minimum atomic E-state index is -5.14. The molecule has 0 fully saturated rings. The second kappa shape index (κ2) is 25.3. The molecule has 0 aliphatic heterocycles. The number of phosphoric acid groups is 1. The van der Waals surface area contributed by atoms with Gasteiger partial charge in [0.05, 0.1) is 20.5 Å². The summed E-state index contributed by atoms with van der Waals surface area (Å²) in [6.45, 7) is 1.07. The number of rotatable bonds is 20. The second-order valence-corrected chi connectivity index (χ2v) is 8.74. The molecule has 178 valence electrons. The van der Waals surface area contributed by atoms with Crippen LogP contribution in [0.5, 0.6) is 0 Å². The maximum atomic E-state index is 11.5. The number of carbonyl (C=O) groups excluding carboxylic acids is 1. The van der Waals surface area contributed by atoms with Gasteiger partial charge in [0.1, 0.15) is 12.7 Å². The van der Waals surface area contributed by atoms with Gasteiger partial charge in [-0.1, -0.05) is 70.4 Å². The topological polar surface area (TPSA) is 139 Å². The summed E-state index contributed by atoms with van der Waals surface area (Å²) < 4.78 is 19.0. The molecule has 32 heavy (non-hydrogen) atoms. The van der Waals surface area contributed by atoms with E-state index in [-0.39, 0.29) is 71.6 Å². The maximum Gasteiger partial charge on any atom is 1.00 e. The molecule has 8 nitrogen and oxygen atoms in total. The summed E-state index contributed by atoms with van der Waals surface area (Å²) in [5, 5.41) is 19.3. The van der Waals surface area contributed by atoms with Crippen LogP contribution in [0.4, 0.5) is 0 Å². The van der Waals surface area contributed by atoms with Crippen molar-refractivity contribution in [2.75, 3.05) is 13.2 Å². The van der Waals surface area contributed by atoms with Gasteiger partial charge in [0.25, 0.3) is 0 Å². The monoisotopic (exact) mass is 496 g/mol. The van der Waals surface area contributed by atoms with Crippen molar-refractivity contribution in [3.05, 3.63) is 12.2 Å². The molecule has 0 saturated heterocycles. The van der Waals surface area contributed by atoms with Gasteiger partial charge in [0.2, 0.25) is 0 Å². The molecule has 0 aromatic rings. The predicted molar refractivity (Wildman–Crippen MR) is 111 cm³/mol. The van der Waals surface area contributed by atoms with Crippen LogP contribution in [0, 0.1) is 0 Å². The van der Waals surface area contributed by atoms with Crippen molar-refractivity contribution in [1.82, 2.24) is 0 Å². The third-order valence-corrected chi connectivity index (χ3v) is 5.04. The van der Waals surface area contributed by atoms with E-state index in [1.807, 2.05) is 12.2 Å². The van der Waals surface area contributed by atoms with Crippen molar-refractivity contribution in [2.24, 2.45) is 0 Å². The molecule has 11 heteroatoms. The van der Waals surface area contributed by atoms with Crippen LogP contribution in [0.1, 0.15) is 90.4 Å². The first-order valence-corrected chi connectivity index (χ1v) is 12.6. The predicted octanol–water partition coefficient (Wildman–Crippen LogP) is -3.25. The van der Waals surface area contributed by atoms with Gasteiger partial charge in [-0.2, -0.15) is 0 Å². The molecule has 0 aromatic heterocycles. The Morgan fingerprint density at radius 3 is 2.19 bits per heavy atom. The smallest absolute Gasteiger partial charge is 0.790 e. The Kier molecular flexibility index (Phi) is 29.9. The number of ether oxygens (including phenoxy) is 1. The Morgan fingerprint density at radius 1 is 0.938 bits per heavy atom. The van der Waals surface area contributed by atoms with Crippen LogP contribution < -0.4 is 68.9 Å².